The number of piperidine rings is 2. The standard InChI is InChI=1S/C17H20F4N2O/c18-13-2-4-14(5-3-13)23-9-1-6-16(15(23)24)7-10-22(11-8-16)12-17(19,20)21/h2-5H,1,6-12H2. The van der Waals surface area contributed by atoms with Crippen molar-refractivity contribution < 1.29 is 22.4 Å². The van der Waals surface area contributed by atoms with Crippen LogP contribution in [0, 0.1) is 11.2 Å². The Balaban J connectivity index is 1.70. The molecule has 132 valence electrons. The smallest absolute Gasteiger partial charge is 0.312 e. The fraction of sp³-hybridized carbons (Fsp3) is 0.588. The fourth-order valence-electron chi connectivity index (χ4n) is 3.79. The van der Waals surface area contributed by atoms with E-state index < -0.39 is 18.1 Å². The first-order valence-electron chi connectivity index (χ1n) is 8.16. The SMILES string of the molecule is O=C1N(c2ccc(F)cc2)CCCC12CCN(CC(F)(F)F)CC2. The molecule has 3 nitrogen and oxygen atoms in total. The van der Waals surface area contributed by atoms with Gasteiger partial charge in [-0.25, -0.2) is 4.39 Å². The molecule has 24 heavy (non-hydrogen) atoms. The largest absolute Gasteiger partial charge is 0.401 e. The first-order valence-corrected chi connectivity index (χ1v) is 8.16. The molecule has 2 saturated heterocycles. The van der Waals surface area contributed by atoms with E-state index in [0.29, 0.717) is 31.5 Å². The number of likely N-dealkylation sites (tertiary alicyclic amines) is 1. The molecule has 2 aliphatic rings. The molecule has 7 heteroatoms. The van der Waals surface area contributed by atoms with Crippen molar-refractivity contribution in [3.63, 3.8) is 0 Å². The van der Waals surface area contributed by atoms with Crippen LogP contribution in [-0.4, -0.2) is 43.2 Å². The maximum atomic E-state index is 13.1. The number of amides is 1. The van der Waals surface area contributed by atoms with E-state index in [9.17, 15) is 22.4 Å². The van der Waals surface area contributed by atoms with Gasteiger partial charge in [-0.3, -0.25) is 9.69 Å². The average molecular weight is 344 g/mol. The molecule has 1 spiro atoms. The minimum Gasteiger partial charge on any atom is -0.312 e. The van der Waals surface area contributed by atoms with E-state index in [4.69, 9.17) is 0 Å². The number of carbonyl (C=O) groups is 1. The molecule has 0 saturated carbocycles. The van der Waals surface area contributed by atoms with Crippen molar-refractivity contribution in [3.8, 4) is 0 Å². The third kappa shape index (κ3) is 3.55. The molecule has 1 amide bonds. The molecule has 2 aliphatic heterocycles. The molecule has 1 aromatic rings. The highest BCUT2D eigenvalue weighted by molar-refractivity contribution is 5.98. The Labute approximate surface area is 138 Å². The van der Waals surface area contributed by atoms with Crippen LogP contribution in [0.1, 0.15) is 25.7 Å². The van der Waals surface area contributed by atoms with Gasteiger partial charge in [-0.2, -0.15) is 13.2 Å². The van der Waals surface area contributed by atoms with E-state index >= 15 is 0 Å². The number of hydrogen-bond acceptors (Lipinski definition) is 2. The second-order valence-corrected chi connectivity index (χ2v) is 6.71. The molecule has 2 heterocycles. The predicted molar refractivity (Wildman–Crippen MR) is 82.1 cm³/mol. The van der Waals surface area contributed by atoms with Gasteiger partial charge in [0.25, 0.3) is 0 Å². The molecule has 0 aliphatic carbocycles. The molecule has 0 unspecified atom stereocenters. The van der Waals surface area contributed by atoms with Crippen LogP contribution in [0.5, 0.6) is 0 Å². The summed E-state index contributed by atoms with van der Waals surface area (Å²) in [7, 11) is 0. The number of carbonyl (C=O) groups excluding carboxylic acids is 1. The number of rotatable bonds is 2. The molecule has 0 N–H and O–H groups in total. The fourth-order valence-corrected chi connectivity index (χ4v) is 3.79. The first-order chi connectivity index (χ1) is 11.3. The summed E-state index contributed by atoms with van der Waals surface area (Å²) in [5.74, 6) is -0.398. The molecule has 0 aromatic heterocycles. The Morgan fingerprint density at radius 1 is 1.00 bits per heavy atom. The Bertz CT molecular complexity index is 592. The highest BCUT2D eigenvalue weighted by atomic mass is 19.4. The number of halogens is 4. The summed E-state index contributed by atoms with van der Waals surface area (Å²) in [6.45, 7) is 0.211. The van der Waals surface area contributed by atoms with Gasteiger partial charge < -0.3 is 4.90 Å². The van der Waals surface area contributed by atoms with Crippen LogP contribution in [0.4, 0.5) is 23.2 Å². The number of benzene rings is 1. The van der Waals surface area contributed by atoms with Crippen LogP contribution < -0.4 is 4.90 Å². The molecule has 0 radical (unpaired) electrons. The minimum absolute atomic E-state index is 0.0352. The normalized spacial score (nSPS) is 22.2. The van der Waals surface area contributed by atoms with Gasteiger partial charge in [0.15, 0.2) is 0 Å². The van der Waals surface area contributed by atoms with Crippen molar-refractivity contribution in [1.82, 2.24) is 4.90 Å². The molecule has 0 bridgehead atoms. The maximum absolute atomic E-state index is 13.1. The third-order valence-corrected chi connectivity index (χ3v) is 5.09. The number of alkyl halides is 3. The molecule has 2 fully saturated rings. The van der Waals surface area contributed by atoms with Crippen LogP contribution in [0.15, 0.2) is 24.3 Å². The van der Waals surface area contributed by atoms with Gasteiger partial charge in [0.2, 0.25) is 5.91 Å². The van der Waals surface area contributed by atoms with E-state index in [2.05, 4.69) is 0 Å². The Morgan fingerprint density at radius 2 is 1.62 bits per heavy atom. The number of hydrogen-bond donors (Lipinski definition) is 0. The number of nitrogens with zero attached hydrogens (tertiary/aromatic N) is 2. The van der Waals surface area contributed by atoms with Gasteiger partial charge in [0.05, 0.1) is 12.0 Å². The molecular formula is C17H20F4N2O. The Hall–Kier alpha value is -1.63. The van der Waals surface area contributed by atoms with E-state index in [1.54, 1.807) is 17.0 Å². The summed E-state index contributed by atoms with van der Waals surface area (Å²) >= 11 is 0. The van der Waals surface area contributed by atoms with Gasteiger partial charge in [0, 0.05) is 12.2 Å². The third-order valence-electron chi connectivity index (χ3n) is 5.09. The average Bonchev–Trinajstić information content (AvgIpc) is 2.52. The topological polar surface area (TPSA) is 23.6 Å². The van der Waals surface area contributed by atoms with Crippen LogP contribution in [0.25, 0.3) is 0 Å². The van der Waals surface area contributed by atoms with Crippen LogP contribution in [0.3, 0.4) is 0 Å². The zero-order chi connectivity index (χ0) is 17.4. The zero-order valence-electron chi connectivity index (χ0n) is 13.3. The van der Waals surface area contributed by atoms with E-state index in [1.165, 1.54) is 17.0 Å². The highest BCUT2D eigenvalue weighted by Gasteiger charge is 2.47. The lowest BCUT2D eigenvalue weighted by molar-refractivity contribution is -0.153. The summed E-state index contributed by atoms with van der Waals surface area (Å²) in [4.78, 5) is 16.0. The summed E-state index contributed by atoms with van der Waals surface area (Å²) in [6.07, 6.45) is -1.80. The van der Waals surface area contributed by atoms with Crippen molar-refractivity contribution in [2.45, 2.75) is 31.9 Å². The van der Waals surface area contributed by atoms with E-state index in [0.717, 1.165) is 6.42 Å². The lowest BCUT2D eigenvalue weighted by atomic mass is 9.71. The highest BCUT2D eigenvalue weighted by Crippen LogP contribution is 2.42. The summed E-state index contributed by atoms with van der Waals surface area (Å²) < 4.78 is 50.6. The molecule has 3 rings (SSSR count). The number of anilines is 1. The molecule has 0 atom stereocenters. The predicted octanol–water partition coefficient (Wildman–Crippen LogP) is 3.60. The van der Waals surface area contributed by atoms with Crippen LogP contribution in [-0.2, 0) is 4.79 Å². The monoisotopic (exact) mass is 344 g/mol. The van der Waals surface area contributed by atoms with E-state index in [-0.39, 0.29) is 24.8 Å². The van der Waals surface area contributed by atoms with Crippen LogP contribution in [0.2, 0.25) is 0 Å². The second-order valence-electron chi connectivity index (χ2n) is 6.71. The Morgan fingerprint density at radius 3 is 2.21 bits per heavy atom. The summed E-state index contributed by atoms with van der Waals surface area (Å²) in [5.41, 5.74) is 0.0764. The van der Waals surface area contributed by atoms with Crippen molar-refractivity contribution in [1.29, 1.82) is 0 Å². The van der Waals surface area contributed by atoms with Gasteiger partial charge in [-0.1, -0.05) is 0 Å². The summed E-state index contributed by atoms with van der Waals surface area (Å²) in [5, 5.41) is 0. The summed E-state index contributed by atoms with van der Waals surface area (Å²) in [6, 6.07) is 5.78. The van der Waals surface area contributed by atoms with Crippen molar-refractivity contribution in [3.05, 3.63) is 30.1 Å². The molecular weight excluding hydrogens is 324 g/mol. The van der Waals surface area contributed by atoms with Gasteiger partial charge in [-0.15, -0.1) is 0 Å². The van der Waals surface area contributed by atoms with Crippen molar-refractivity contribution in [2.75, 3.05) is 31.1 Å². The van der Waals surface area contributed by atoms with Crippen molar-refractivity contribution >= 4 is 11.6 Å². The van der Waals surface area contributed by atoms with E-state index in [1.807, 2.05) is 0 Å². The van der Waals surface area contributed by atoms with Crippen LogP contribution >= 0.6 is 0 Å². The lowest BCUT2D eigenvalue weighted by Gasteiger charge is -2.46. The van der Waals surface area contributed by atoms with Crippen molar-refractivity contribution in [2.24, 2.45) is 5.41 Å². The zero-order valence-corrected chi connectivity index (χ0v) is 13.3. The maximum Gasteiger partial charge on any atom is 0.401 e. The minimum atomic E-state index is -4.21. The van der Waals surface area contributed by atoms with Gasteiger partial charge in [0.1, 0.15) is 5.82 Å². The van der Waals surface area contributed by atoms with Gasteiger partial charge >= 0.3 is 6.18 Å². The lowest BCUT2D eigenvalue weighted by Crippen LogP contribution is -2.54. The quantitative estimate of drug-likeness (QED) is 0.766. The second kappa shape index (κ2) is 6.35. The van der Waals surface area contributed by atoms with Gasteiger partial charge in [-0.05, 0) is 63.0 Å². The first kappa shape index (κ1) is 17.2. The molecule has 1 aromatic carbocycles. The Kier molecular flexibility index (Phi) is 4.55.